The van der Waals surface area contributed by atoms with E-state index in [0.717, 1.165) is 16.2 Å². The van der Waals surface area contributed by atoms with Crippen LogP contribution in [0.2, 0.25) is 0 Å². The predicted molar refractivity (Wildman–Crippen MR) is 52.5 cm³/mol. The van der Waals surface area contributed by atoms with Crippen LogP contribution in [0.3, 0.4) is 0 Å². The molecule has 0 aliphatic heterocycles. The molecule has 13 heavy (non-hydrogen) atoms. The van der Waals surface area contributed by atoms with Crippen LogP contribution < -0.4 is 4.90 Å². The fraction of sp³-hybridized carbons (Fsp3) is 0.286. The fourth-order valence-electron chi connectivity index (χ4n) is 0.695. The predicted octanol–water partition coefficient (Wildman–Crippen LogP) is 1.46. The van der Waals surface area contributed by atoms with E-state index in [1.54, 1.807) is 6.20 Å². The summed E-state index contributed by atoms with van der Waals surface area (Å²) >= 11 is 1.41. The molecule has 1 aromatic rings. The average molecular weight is 199 g/mol. The lowest BCUT2D eigenvalue weighted by molar-refractivity contribution is -0.400. The third kappa shape index (κ3) is 2.83. The second-order valence-electron chi connectivity index (χ2n) is 2.54. The fourth-order valence-corrected chi connectivity index (χ4v) is 1.43. The minimum absolute atomic E-state index is 0.491. The van der Waals surface area contributed by atoms with Gasteiger partial charge in [-0.25, -0.2) is 4.98 Å². The van der Waals surface area contributed by atoms with Gasteiger partial charge in [0.15, 0.2) is 5.13 Å². The van der Waals surface area contributed by atoms with Crippen molar-refractivity contribution in [2.45, 2.75) is 0 Å². The third-order valence-corrected chi connectivity index (χ3v) is 2.38. The van der Waals surface area contributed by atoms with Gasteiger partial charge in [-0.1, -0.05) is 11.3 Å². The maximum absolute atomic E-state index is 10.0. The van der Waals surface area contributed by atoms with Crippen molar-refractivity contribution in [3.63, 3.8) is 0 Å². The molecular formula is C7H9N3O2S. The van der Waals surface area contributed by atoms with E-state index in [1.165, 1.54) is 17.4 Å². The molecule has 0 atom stereocenters. The topological polar surface area (TPSA) is 59.3 Å². The van der Waals surface area contributed by atoms with Crippen LogP contribution in [-0.2, 0) is 0 Å². The van der Waals surface area contributed by atoms with Gasteiger partial charge in [-0.15, -0.1) is 0 Å². The Kier molecular flexibility index (Phi) is 2.97. The Bertz CT molecular complexity index is 332. The minimum Gasteiger partial charge on any atom is -0.354 e. The Hall–Kier alpha value is -1.43. The summed E-state index contributed by atoms with van der Waals surface area (Å²) in [6.07, 6.45) is 3.96. The summed E-state index contributed by atoms with van der Waals surface area (Å²) in [5.74, 6) is 0. The molecule has 0 saturated heterocycles. The van der Waals surface area contributed by atoms with Gasteiger partial charge in [-0.05, 0) is 0 Å². The highest BCUT2D eigenvalue weighted by Gasteiger charge is 2.01. The largest absolute Gasteiger partial charge is 0.354 e. The molecule has 0 aliphatic carbocycles. The monoisotopic (exact) mass is 199 g/mol. The first-order chi connectivity index (χ1) is 6.09. The van der Waals surface area contributed by atoms with E-state index < -0.39 is 4.92 Å². The highest BCUT2D eigenvalue weighted by atomic mass is 32.1. The minimum atomic E-state index is -0.491. The van der Waals surface area contributed by atoms with Crippen molar-refractivity contribution in [3.05, 3.63) is 27.4 Å². The van der Waals surface area contributed by atoms with Gasteiger partial charge in [0.25, 0.3) is 0 Å². The van der Waals surface area contributed by atoms with Gasteiger partial charge >= 0.3 is 0 Å². The van der Waals surface area contributed by atoms with Gasteiger partial charge in [0.1, 0.15) is 0 Å². The molecule has 0 unspecified atom stereocenters. The highest BCUT2D eigenvalue weighted by molar-refractivity contribution is 7.16. The van der Waals surface area contributed by atoms with E-state index >= 15 is 0 Å². The zero-order valence-electron chi connectivity index (χ0n) is 7.30. The van der Waals surface area contributed by atoms with Crippen molar-refractivity contribution in [3.8, 4) is 0 Å². The first-order valence-electron chi connectivity index (χ1n) is 3.54. The summed E-state index contributed by atoms with van der Waals surface area (Å²) in [5.41, 5.74) is 0. The summed E-state index contributed by atoms with van der Waals surface area (Å²) in [7, 11) is 3.75. The first kappa shape index (κ1) is 9.66. The number of aromatic nitrogens is 1. The van der Waals surface area contributed by atoms with Crippen molar-refractivity contribution in [1.82, 2.24) is 4.98 Å². The zero-order valence-corrected chi connectivity index (χ0v) is 8.11. The third-order valence-electron chi connectivity index (χ3n) is 1.25. The molecule has 0 spiro atoms. The summed E-state index contributed by atoms with van der Waals surface area (Å²) in [6.45, 7) is 0. The van der Waals surface area contributed by atoms with E-state index in [4.69, 9.17) is 0 Å². The smallest absolute Gasteiger partial charge is 0.235 e. The quantitative estimate of drug-likeness (QED) is 0.546. The van der Waals surface area contributed by atoms with E-state index in [-0.39, 0.29) is 0 Å². The summed E-state index contributed by atoms with van der Waals surface area (Å²) in [4.78, 5) is 16.2. The summed E-state index contributed by atoms with van der Waals surface area (Å²) in [6, 6.07) is 0. The van der Waals surface area contributed by atoms with E-state index in [0.29, 0.717) is 0 Å². The van der Waals surface area contributed by atoms with Crippen molar-refractivity contribution in [2.24, 2.45) is 0 Å². The van der Waals surface area contributed by atoms with Gasteiger partial charge in [0, 0.05) is 26.4 Å². The second kappa shape index (κ2) is 3.99. The van der Waals surface area contributed by atoms with Crippen molar-refractivity contribution >= 4 is 22.5 Å². The SMILES string of the molecule is CN(C)c1ncc(/C=C/[N+](=O)[O-])s1. The molecule has 1 aromatic heterocycles. The van der Waals surface area contributed by atoms with Crippen molar-refractivity contribution in [1.29, 1.82) is 0 Å². The lowest BCUT2D eigenvalue weighted by Gasteiger charge is -2.04. The molecule has 0 radical (unpaired) electrons. The van der Waals surface area contributed by atoms with E-state index in [2.05, 4.69) is 4.98 Å². The molecule has 0 N–H and O–H groups in total. The Morgan fingerprint density at radius 1 is 1.69 bits per heavy atom. The number of rotatable bonds is 3. The highest BCUT2D eigenvalue weighted by Crippen LogP contribution is 2.21. The maximum Gasteiger partial charge on any atom is 0.235 e. The van der Waals surface area contributed by atoms with Crippen LogP contribution in [-0.4, -0.2) is 24.0 Å². The standard InChI is InChI=1S/C7H9N3O2S/c1-9(2)7-8-5-6(13-7)3-4-10(11)12/h3-5H,1-2H3/b4-3+. The normalized spacial score (nSPS) is 10.6. The van der Waals surface area contributed by atoms with Crippen LogP contribution in [0.4, 0.5) is 5.13 Å². The number of anilines is 1. The van der Waals surface area contributed by atoms with Gasteiger partial charge in [-0.3, -0.25) is 10.1 Å². The van der Waals surface area contributed by atoms with Crippen LogP contribution in [0.5, 0.6) is 0 Å². The molecule has 70 valence electrons. The number of hydrogen-bond acceptors (Lipinski definition) is 5. The number of nitro groups is 1. The first-order valence-corrected chi connectivity index (χ1v) is 4.36. The maximum atomic E-state index is 10.0. The van der Waals surface area contributed by atoms with Crippen LogP contribution in [0.15, 0.2) is 12.4 Å². The number of thiazole rings is 1. The molecule has 0 aromatic carbocycles. The van der Waals surface area contributed by atoms with Gasteiger partial charge in [0.05, 0.1) is 9.80 Å². The number of hydrogen-bond donors (Lipinski definition) is 0. The van der Waals surface area contributed by atoms with E-state index in [9.17, 15) is 10.1 Å². The van der Waals surface area contributed by atoms with Gasteiger partial charge in [0.2, 0.25) is 6.20 Å². The molecular weight excluding hydrogens is 190 g/mol. The van der Waals surface area contributed by atoms with Gasteiger partial charge in [-0.2, -0.15) is 0 Å². The molecule has 0 bridgehead atoms. The lowest BCUT2D eigenvalue weighted by atomic mass is 10.5. The Morgan fingerprint density at radius 2 is 2.38 bits per heavy atom. The zero-order chi connectivity index (χ0) is 9.84. The Morgan fingerprint density at radius 3 is 2.85 bits per heavy atom. The molecule has 0 aliphatic rings. The number of nitrogens with zero attached hydrogens (tertiary/aromatic N) is 3. The van der Waals surface area contributed by atoms with Crippen LogP contribution in [0.1, 0.15) is 4.88 Å². The van der Waals surface area contributed by atoms with Crippen LogP contribution in [0, 0.1) is 10.1 Å². The Labute approximate surface area is 79.5 Å². The molecule has 1 heterocycles. The lowest BCUT2D eigenvalue weighted by Crippen LogP contribution is -2.07. The second-order valence-corrected chi connectivity index (χ2v) is 3.58. The molecule has 0 fully saturated rings. The van der Waals surface area contributed by atoms with E-state index in [1.807, 2.05) is 19.0 Å². The molecule has 6 heteroatoms. The molecule has 0 amide bonds. The van der Waals surface area contributed by atoms with Crippen LogP contribution in [0.25, 0.3) is 6.08 Å². The van der Waals surface area contributed by atoms with Crippen molar-refractivity contribution < 1.29 is 4.92 Å². The van der Waals surface area contributed by atoms with Crippen LogP contribution >= 0.6 is 11.3 Å². The average Bonchev–Trinajstić information content (AvgIpc) is 2.48. The summed E-state index contributed by atoms with van der Waals surface area (Å²) in [5, 5.41) is 10.8. The Balaban J connectivity index is 2.75. The van der Waals surface area contributed by atoms with Crippen molar-refractivity contribution in [2.75, 3.05) is 19.0 Å². The molecule has 5 nitrogen and oxygen atoms in total. The molecule has 0 saturated carbocycles. The summed E-state index contributed by atoms with van der Waals surface area (Å²) < 4.78 is 0. The van der Waals surface area contributed by atoms with Gasteiger partial charge < -0.3 is 4.90 Å². The molecule has 1 rings (SSSR count).